The summed E-state index contributed by atoms with van der Waals surface area (Å²) in [6, 6.07) is 4.27. The Morgan fingerprint density at radius 3 is 2.76 bits per heavy atom. The summed E-state index contributed by atoms with van der Waals surface area (Å²) >= 11 is 0. The molecule has 0 unspecified atom stereocenters. The topological polar surface area (TPSA) is 105 Å². The number of pyridine rings is 1. The lowest BCUT2D eigenvalue weighted by molar-refractivity contribution is -0.890. The van der Waals surface area contributed by atoms with E-state index in [9.17, 15) is 22.4 Å². The zero-order chi connectivity index (χ0) is 26.0. The van der Waals surface area contributed by atoms with Crippen LogP contribution in [0.4, 0.5) is 17.6 Å². The van der Waals surface area contributed by atoms with Crippen LogP contribution in [-0.4, -0.2) is 69.1 Å². The first-order valence-electron chi connectivity index (χ1n) is 11.8. The van der Waals surface area contributed by atoms with Crippen LogP contribution in [0.3, 0.4) is 0 Å². The Bertz CT molecular complexity index is 1290. The van der Waals surface area contributed by atoms with Gasteiger partial charge in [0.15, 0.2) is 5.71 Å². The van der Waals surface area contributed by atoms with Crippen molar-refractivity contribution in [1.82, 2.24) is 20.5 Å². The smallest absolute Gasteiger partial charge is 0.368 e. The zero-order valence-electron chi connectivity index (χ0n) is 19.6. The molecule has 5 rings (SSSR count). The van der Waals surface area contributed by atoms with Crippen LogP contribution in [-0.2, 0) is 9.53 Å². The van der Waals surface area contributed by atoms with E-state index >= 15 is 0 Å². The number of alkyl halides is 3. The second-order valence-corrected chi connectivity index (χ2v) is 9.02. The Morgan fingerprint density at radius 1 is 1.24 bits per heavy atom. The first kappa shape index (κ1) is 25.0. The molecule has 2 aromatic heterocycles. The van der Waals surface area contributed by atoms with E-state index in [4.69, 9.17) is 9.84 Å². The predicted molar refractivity (Wildman–Crippen MR) is 124 cm³/mol. The van der Waals surface area contributed by atoms with Crippen LogP contribution in [0.5, 0.6) is 0 Å². The molecular weight excluding hydrogens is 494 g/mol. The fourth-order valence-corrected chi connectivity index (χ4v) is 4.54. The van der Waals surface area contributed by atoms with E-state index in [1.807, 2.05) is 0 Å². The molecule has 13 heteroatoms. The molecule has 2 N–H and O–H groups in total. The summed E-state index contributed by atoms with van der Waals surface area (Å²) in [5, 5.41) is 14.2. The summed E-state index contributed by atoms with van der Waals surface area (Å²) in [6.45, 7) is -0.592. The fourth-order valence-electron chi connectivity index (χ4n) is 4.54. The van der Waals surface area contributed by atoms with Crippen LogP contribution in [0, 0.1) is 5.95 Å². The number of halogens is 4. The number of allylic oxidation sites excluding steroid dienone is 2. The fraction of sp³-hybridized carbons (Fsp3) is 0.375. The highest BCUT2D eigenvalue weighted by Crippen LogP contribution is 2.31. The first-order valence-corrected chi connectivity index (χ1v) is 11.8. The molecule has 0 aromatic carbocycles. The number of nitrogens with one attached hydrogen (secondary N) is 2. The molecule has 1 spiro atoms. The molecular formula is C24H24F4N7O2+. The van der Waals surface area contributed by atoms with Gasteiger partial charge < -0.3 is 10.1 Å². The maximum absolute atomic E-state index is 13.9. The zero-order valence-corrected chi connectivity index (χ0v) is 19.6. The number of carbonyl (C=O) groups is 1. The highest BCUT2D eigenvalue weighted by Gasteiger charge is 2.42. The van der Waals surface area contributed by atoms with Crippen LogP contribution in [0.2, 0.25) is 0 Å². The molecule has 0 atom stereocenters. The highest BCUT2D eigenvalue weighted by atomic mass is 19.4. The van der Waals surface area contributed by atoms with Gasteiger partial charge in [-0.15, -0.1) is 0 Å². The second kappa shape index (κ2) is 9.98. The molecule has 2 aromatic rings. The minimum Gasteiger partial charge on any atom is -0.368 e. The largest absolute Gasteiger partial charge is 0.411 e. The number of ether oxygens (including phenoxy) is 1. The van der Waals surface area contributed by atoms with E-state index in [1.54, 1.807) is 30.7 Å². The SMILES string of the molecule is O=C(NC1=C[N+]2(CCC(OCC(F)(F)F)CC2)N=C1c1cccc(F)n1)C1=CCCC(c2cn[nH]c2)=N1. The number of piperidine rings is 1. The summed E-state index contributed by atoms with van der Waals surface area (Å²) < 4.78 is 56.6. The number of aromatic nitrogens is 3. The van der Waals surface area contributed by atoms with Gasteiger partial charge in [-0.2, -0.15) is 27.3 Å². The molecule has 1 amide bonds. The average Bonchev–Trinajstić information content (AvgIpc) is 3.52. The lowest BCUT2D eigenvalue weighted by Gasteiger charge is -2.33. The number of aromatic amines is 1. The van der Waals surface area contributed by atoms with E-state index in [0.29, 0.717) is 44.5 Å². The number of carbonyl (C=O) groups excluding carboxylic acids is 1. The summed E-state index contributed by atoms with van der Waals surface area (Å²) in [4.78, 5) is 21.6. The van der Waals surface area contributed by atoms with Crippen molar-refractivity contribution in [1.29, 1.82) is 0 Å². The van der Waals surface area contributed by atoms with Gasteiger partial charge >= 0.3 is 6.18 Å². The average molecular weight is 518 g/mol. The Kier molecular flexibility index (Phi) is 6.73. The van der Waals surface area contributed by atoms with Gasteiger partial charge in [-0.05, 0) is 25.0 Å². The maximum Gasteiger partial charge on any atom is 0.411 e. The molecule has 3 aliphatic rings. The molecule has 194 valence electrons. The number of quaternary nitrogens is 1. The molecule has 1 saturated heterocycles. The van der Waals surface area contributed by atoms with E-state index in [2.05, 4.69) is 25.5 Å². The van der Waals surface area contributed by atoms with Gasteiger partial charge in [-0.3, -0.25) is 9.89 Å². The predicted octanol–water partition coefficient (Wildman–Crippen LogP) is 3.34. The monoisotopic (exact) mass is 518 g/mol. The maximum atomic E-state index is 13.9. The Balaban J connectivity index is 1.36. The number of hydrogen-bond acceptors (Lipinski definition) is 6. The number of hydrogen-bond donors (Lipinski definition) is 2. The van der Waals surface area contributed by atoms with Gasteiger partial charge in [-0.1, -0.05) is 17.2 Å². The highest BCUT2D eigenvalue weighted by molar-refractivity contribution is 6.15. The van der Waals surface area contributed by atoms with E-state index in [1.165, 1.54) is 12.1 Å². The third kappa shape index (κ3) is 5.83. The van der Waals surface area contributed by atoms with E-state index in [0.717, 1.165) is 11.3 Å². The molecule has 0 aliphatic carbocycles. The van der Waals surface area contributed by atoms with Crippen LogP contribution in [0.15, 0.2) is 64.4 Å². The third-order valence-electron chi connectivity index (χ3n) is 6.33. The van der Waals surface area contributed by atoms with Crippen molar-refractivity contribution < 1.29 is 31.7 Å². The van der Waals surface area contributed by atoms with Gasteiger partial charge in [0.1, 0.15) is 37.3 Å². The molecule has 37 heavy (non-hydrogen) atoms. The minimum absolute atomic E-state index is 0.0393. The van der Waals surface area contributed by atoms with Crippen molar-refractivity contribution in [3.63, 3.8) is 0 Å². The molecule has 1 fully saturated rings. The van der Waals surface area contributed by atoms with Crippen molar-refractivity contribution in [3.8, 4) is 0 Å². The van der Waals surface area contributed by atoms with Crippen LogP contribution in [0.25, 0.3) is 0 Å². The molecule has 9 nitrogen and oxygen atoms in total. The summed E-state index contributed by atoms with van der Waals surface area (Å²) in [5.74, 6) is -1.16. The van der Waals surface area contributed by atoms with Crippen molar-refractivity contribution >= 4 is 17.3 Å². The molecule has 0 bridgehead atoms. The number of rotatable bonds is 6. The summed E-state index contributed by atoms with van der Waals surface area (Å²) in [6.07, 6.45) is 3.82. The normalized spacial score (nSPS) is 23.8. The number of aliphatic imine (C=N–C) groups is 1. The van der Waals surface area contributed by atoms with Crippen molar-refractivity contribution in [3.05, 3.63) is 71.5 Å². The van der Waals surface area contributed by atoms with Crippen LogP contribution < -0.4 is 5.32 Å². The van der Waals surface area contributed by atoms with Crippen molar-refractivity contribution in [2.75, 3.05) is 19.7 Å². The van der Waals surface area contributed by atoms with Crippen molar-refractivity contribution in [2.24, 2.45) is 10.1 Å². The summed E-state index contributed by atoms with van der Waals surface area (Å²) in [7, 11) is 0. The van der Waals surface area contributed by atoms with Gasteiger partial charge in [-0.25, -0.2) is 9.98 Å². The molecule has 5 heterocycles. The van der Waals surface area contributed by atoms with E-state index < -0.39 is 30.7 Å². The van der Waals surface area contributed by atoms with Gasteiger partial charge in [0.25, 0.3) is 5.91 Å². The molecule has 0 saturated carbocycles. The quantitative estimate of drug-likeness (QED) is 0.348. The second-order valence-electron chi connectivity index (χ2n) is 9.02. The first-order chi connectivity index (χ1) is 17.7. The number of H-pyrrole nitrogens is 1. The molecule has 0 radical (unpaired) electrons. The standard InChI is InChI=1S/C24H23F4N7O2/c25-21-6-2-4-18(32-21)22-20(13-35(34-22)9-7-16(8-10-35)37-14-24(26,27)28)33-23(36)19-5-1-3-17(31-19)15-11-29-30-12-15/h2,4-6,11-13,16H,1,3,7-10,14H2,(H-,29,30,31,33,36)/p+1. The van der Waals surface area contributed by atoms with Crippen LogP contribution >= 0.6 is 0 Å². The van der Waals surface area contributed by atoms with Gasteiger partial charge in [0.05, 0.1) is 23.7 Å². The minimum atomic E-state index is -4.39. The summed E-state index contributed by atoms with van der Waals surface area (Å²) in [5.41, 5.74) is 2.61. The third-order valence-corrected chi connectivity index (χ3v) is 6.33. The number of nitrogens with zero attached hydrogens (tertiary/aromatic N) is 5. The van der Waals surface area contributed by atoms with Crippen molar-refractivity contribution in [2.45, 2.75) is 38.0 Å². The molecule has 3 aliphatic heterocycles. The van der Waals surface area contributed by atoms with Gasteiger partial charge in [0, 0.05) is 24.6 Å². The van der Waals surface area contributed by atoms with E-state index in [-0.39, 0.29) is 21.7 Å². The Hall–Kier alpha value is -3.71. The van der Waals surface area contributed by atoms with Crippen LogP contribution in [0.1, 0.15) is 36.9 Å². The Morgan fingerprint density at radius 2 is 2.05 bits per heavy atom. The Labute approximate surface area is 209 Å². The lowest BCUT2D eigenvalue weighted by atomic mass is 10.1. The number of amides is 1. The lowest BCUT2D eigenvalue weighted by Crippen LogP contribution is -2.46. The van der Waals surface area contributed by atoms with Gasteiger partial charge in [0.2, 0.25) is 5.95 Å².